The van der Waals surface area contributed by atoms with Crippen molar-refractivity contribution in [1.29, 1.82) is 0 Å². The SMILES string of the molecule is COc1cc(CNC(=O)NCC(C)(O)CC(=O)O)ccn1. The van der Waals surface area contributed by atoms with E-state index in [1.54, 1.807) is 18.3 Å². The first-order valence-corrected chi connectivity index (χ1v) is 6.27. The van der Waals surface area contributed by atoms with Gasteiger partial charge < -0.3 is 25.6 Å². The molecule has 1 unspecified atom stereocenters. The van der Waals surface area contributed by atoms with E-state index in [1.165, 1.54) is 14.0 Å². The van der Waals surface area contributed by atoms with Crippen molar-refractivity contribution in [2.45, 2.75) is 25.5 Å². The predicted octanol–water partition coefficient (Wildman–Crippen LogP) is 0.115. The van der Waals surface area contributed by atoms with Crippen molar-refractivity contribution in [2.24, 2.45) is 0 Å². The Balaban J connectivity index is 2.38. The number of methoxy groups -OCH3 is 1. The van der Waals surface area contributed by atoms with Gasteiger partial charge in [-0.1, -0.05) is 0 Å². The summed E-state index contributed by atoms with van der Waals surface area (Å²) in [5.41, 5.74) is -0.697. The molecular formula is C13H19N3O5. The second-order valence-corrected chi connectivity index (χ2v) is 4.81. The van der Waals surface area contributed by atoms with Crippen LogP contribution in [0.4, 0.5) is 4.79 Å². The molecular weight excluding hydrogens is 278 g/mol. The molecule has 0 aromatic carbocycles. The summed E-state index contributed by atoms with van der Waals surface area (Å²) in [6, 6.07) is 2.90. The molecule has 8 nitrogen and oxygen atoms in total. The summed E-state index contributed by atoms with van der Waals surface area (Å²) >= 11 is 0. The average molecular weight is 297 g/mol. The molecule has 21 heavy (non-hydrogen) atoms. The fourth-order valence-electron chi connectivity index (χ4n) is 1.58. The number of carbonyl (C=O) groups excluding carboxylic acids is 1. The highest BCUT2D eigenvalue weighted by Crippen LogP contribution is 2.08. The van der Waals surface area contributed by atoms with Crippen LogP contribution in [0.5, 0.6) is 5.88 Å². The van der Waals surface area contributed by atoms with Crippen LogP contribution in [0.15, 0.2) is 18.3 Å². The van der Waals surface area contributed by atoms with E-state index in [2.05, 4.69) is 15.6 Å². The Morgan fingerprint density at radius 3 is 2.76 bits per heavy atom. The number of nitrogens with zero attached hydrogens (tertiary/aromatic N) is 1. The Labute approximate surface area is 122 Å². The lowest BCUT2D eigenvalue weighted by molar-refractivity contribution is -0.141. The number of carbonyl (C=O) groups is 2. The number of aromatic nitrogens is 1. The van der Waals surface area contributed by atoms with Gasteiger partial charge in [-0.15, -0.1) is 0 Å². The van der Waals surface area contributed by atoms with Gasteiger partial charge in [-0.3, -0.25) is 4.79 Å². The van der Waals surface area contributed by atoms with E-state index in [4.69, 9.17) is 9.84 Å². The largest absolute Gasteiger partial charge is 0.481 e. The van der Waals surface area contributed by atoms with Gasteiger partial charge in [0.1, 0.15) is 0 Å². The van der Waals surface area contributed by atoms with E-state index in [0.717, 1.165) is 5.56 Å². The Morgan fingerprint density at radius 2 is 2.14 bits per heavy atom. The Morgan fingerprint density at radius 1 is 1.43 bits per heavy atom. The van der Waals surface area contributed by atoms with Crippen LogP contribution in [0, 0.1) is 0 Å². The monoisotopic (exact) mass is 297 g/mol. The minimum Gasteiger partial charge on any atom is -0.481 e. The fraction of sp³-hybridized carbons (Fsp3) is 0.462. The molecule has 0 saturated carbocycles. The normalized spacial score (nSPS) is 13.1. The third-order valence-electron chi connectivity index (χ3n) is 2.62. The Bertz CT molecular complexity index is 504. The summed E-state index contributed by atoms with van der Waals surface area (Å²) in [6.45, 7) is 1.44. The maximum atomic E-state index is 11.6. The van der Waals surface area contributed by atoms with Crippen molar-refractivity contribution in [3.63, 3.8) is 0 Å². The van der Waals surface area contributed by atoms with Gasteiger partial charge in [0.25, 0.3) is 0 Å². The molecule has 0 spiro atoms. The quantitative estimate of drug-likeness (QED) is 0.567. The minimum atomic E-state index is -1.50. The van der Waals surface area contributed by atoms with Crippen molar-refractivity contribution in [1.82, 2.24) is 15.6 Å². The molecule has 0 aliphatic carbocycles. The summed E-state index contributed by atoms with van der Waals surface area (Å²) in [7, 11) is 1.50. The third kappa shape index (κ3) is 6.57. The smallest absolute Gasteiger partial charge is 0.315 e. The Hall–Kier alpha value is -2.35. The van der Waals surface area contributed by atoms with E-state index >= 15 is 0 Å². The number of amides is 2. The van der Waals surface area contributed by atoms with E-state index < -0.39 is 24.0 Å². The maximum Gasteiger partial charge on any atom is 0.315 e. The summed E-state index contributed by atoms with van der Waals surface area (Å²) in [6.07, 6.45) is 1.11. The van der Waals surface area contributed by atoms with Gasteiger partial charge in [-0.25, -0.2) is 9.78 Å². The van der Waals surface area contributed by atoms with Crippen molar-refractivity contribution >= 4 is 12.0 Å². The molecule has 1 aromatic heterocycles. The van der Waals surface area contributed by atoms with Crippen molar-refractivity contribution in [3.8, 4) is 5.88 Å². The van der Waals surface area contributed by atoms with Gasteiger partial charge in [0, 0.05) is 25.4 Å². The van der Waals surface area contributed by atoms with Gasteiger partial charge in [-0.2, -0.15) is 0 Å². The number of aliphatic carboxylic acids is 1. The first-order valence-electron chi connectivity index (χ1n) is 6.27. The van der Waals surface area contributed by atoms with Gasteiger partial charge >= 0.3 is 12.0 Å². The number of ether oxygens (including phenoxy) is 1. The lowest BCUT2D eigenvalue weighted by Gasteiger charge is -2.21. The van der Waals surface area contributed by atoms with Gasteiger partial charge in [0.15, 0.2) is 0 Å². The van der Waals surface area contributed by atoms with Crippen LogP contribution >= 0.6 is 0 Å². The van der Waals surface area contributed by atoms with Crippen LogP contribution in [0.3, 0.4) is 0 Å². The molecule has 1 heterocycles. The number of aliphatic hydroxyl groups is 1. The van der Waals surface area contributed by atoms with Crippen LogP contribution in [-0.2, 0) is 11.3 Å². The maximum absolute atomic E-state index is 11.6. The van der Waals surface area contributed by atoms with Crippen molar-refractivity contribution < 1.29 is 24.5 Å². The van der Waals surface area contributed by atoms with E-state index in [0.29, 0.717) is 5.88 Å². The second-order valence-electron chi connectivity index (χ2n) is 4.81. The molecule has 2 amide bonds. The van der Waals surface area contributed by atoms with Crippen LogP contribution in [-0.4, -0.2) is 46.5 Å². The number of hydrogen-bond donors (Lipinski definition) is 4. The molecule has 0 fully saturated rings. The molecule has 116 valence electrons. The second kappa shape index (κ2) is 7.44. The summed E-state index contributed by atoms with van der Waals surface area (Å²) in [5.74, 6) is -0.690. The fourth-order valence-corrected chi connectivity index (χ4v) is 1.58. The molecule has 4 N–H and O–H groups in total. The van der Waals surface area contributed by atoms with E-state index in [9.17, 15) is 14.7 Å². The summed E-state index contributed by atoms with van der Waals surface area (Å²) < 4.78 is 4.96. The van der Waals surface area contributed by atoms with Crippen molar-refractivity contribution in [3.05, 3.63) is 23.9 Å². The number of hydrogen-bond acceptors (Lipinski definition) is 5. The minimum absolute atomic E-state index is 0.162. The molecule has 1 rings (SSSR count). The average Bonchev–Trinajstić information content (AvgIpc) is 2.42. The van der Waals surface area contributed by atoms with Crippen LogP contribution in [0.1, 0.15) is 18.9 Å². The standard InChI is InChI=1S/C13H19N3O5/c1-13(20,6-11(17)18)8-16-12(19)15-7-9-3-4-14-10(5-9)21-2/h3-5,20H,6-8H2,1-2H3,(H,17,18)(H2,15,16,19). The Kier molecular flexibility index (Phi) is 5.92. The third-order valence-corrected chi connectivity index (χ3v) is 2.62. The zero-order valence-electron chi connectivity index (χ0n) is 11.9. The lowest BCUT2D eigenvalue weighted by Crippen LogP contribution is -2.45. The van der Waals surface area contributed by atoms with Crippen molar-refractivity contribution in [2.75, 3.05) is 13.7 Å². The first kappa shape index (κ1) is 16.7. The summed E-state index contributed by atoms with van der Waals surface area (Å²) in [4.78, 5) is 26.0. The molecule has 0 saturated heterocycles. The molecule has 8 heteroatoms. The molecule has 0 radical (unpaired) electrons. The van der Waals surface area contributed by atoms with Gasteiger partial charge in [0.05, 0.1) is 19.1 Å². The lowest BCUT2D eigenvalue weighted by atomic mass is 10.0. The van der Waals surface area contributed by atoms with E-state index in [-0.39, 0.29) is 13.1 Å². The highest BCUT2D eigenvalue weighted by molar-refractivity contribution is 5.74. The predicted molar refractivity (Wildman–Crippen MR) is 73.9 cm³/mol. The highest BCUT2D eigenvalue weighted by atomic mass is 16.5. The number of urea groups is 1. The number of rotatable bonds is 7. The van der Waals surface area contributed by atoms with Crippen LogP contribution in [0.2, 0.25) is 0 Å². The summed E-state index contributed by atoms with van der Waals surface area (Å²) in [5, 5.41) is 23.3. The number of carboxylic acid groups (broad SMARTS) is 1. The number of nitrogens with one attached hydrogen (secondary N) is 2. The zero-order chi connectivity index (χ0) is 15.9. The number of carboxylic acids is 1. The topological polar surface area (TPSA) is 121 Å². The molecule has 0 aliphatic rings. The van der Waals surface area contributed by atoms with Crippen LogP contribution < -0.4 is 15.4 Å². The first-order chi connectivity index (χ1) is 9.82. The molecule has 1 aromatic rings. The van der Waals surface area contributed by atoms with Gasteiger partial charge in [0.2, 0.25) is 5.88 Å². The zero-order valence-corrected chi connectivity index (χ0v) is 11.9. The molecule has 0 aliphatic heterocycles. The molecule has 1 atom stereocenters. The number of pyridine rings is 1. The van der Waals surface area contributed by atoms with Gasteiger partial charge in [-0.05, 0) is 18.6 Å². The van der Waals surface area contributed by atoms with Crippen LogP contribution in [0.25, 0.3) is 0 Å². The molecule has 0 bridgehead atoms. The highest BCUT2D eigenvalue weighted by Gasteiger charge is 2.24. The van der Waals surface area contributed by atoms with E-state index in [1.807, 2.05) is 0 Å².